The highest BCUT2D eigenvalue weighted by atomic mass is 32.2. The van der Waals surface area contributed by atoms with Crippen LogP contribution < -0.4 is 10.0 Å². The topological polar surface area (TPSA) is 138 Å². The minimum atomic E-state index is -3.70. The van der Waals surface area contributed by atoms with Gasteiger partial charge in [-0.25, -0.2) is 17.9 Å². The third kappa shape index (κ3) is 6.63. The molecule has 0 spiro atoms. The molecule has 202 valence electrons. The summed E-state index contributed by atoms with van der Waals surface area (Å²) in [6.07, 6.45) is 6.80. The number of hydrogen-bond donors (Lipinski definition) is 3. The molecule has 10 nitrogen and oxygen atoms in total. The first-order valence-corrected chi connectivity index (χ1v) is 14.7. The Morgan fingerprint density at radius 2 is 1.76 bits per heavy atom. The molecule has 2 heterocycles. The van der Waals surface area contributed by atoms with Gasteiger partial charge in [0.15, 0.2) is 0 Å². The first kappa shape index (κ1) is 27.0. The van der Waals surface area contributed by atoms with Crippen molar-refractivity contribution >= 4 is 44.5 Å². The minimum absolute atomic E-state index is 0.0649. The van der Waals surface area contributed by atoms with Gasteiger partial charge in [-0.1, -0.05) is 32.1 Å². The number of carbonyl (C=O) groups is 3. The van der Waals surface area contributed by atoms with Crippen LogP contribution in [0.5, 0.6) is 0 Å². The maximum atomic E-state index is 13.7. The number of ether oxygens (including phenoxy) is 1. The lowest BCUT2D eigenvalue weighted by Crippen LogP contribution is -2.49. The van der Waals surface area contributed by atoms with Gasteiger partial charge in [0.05, 0.1) is 6.26 Å². The summed E-state index contributed by atoms with van der Waals surface area (Å²) in [6, 6.07) is 6.02. The molecule has 11 heteroatoms. The number of aromatic nitrogens is 1. The summed E-state index contributed by atoms with van der Waals surface area (Å²) in [4.78, 5) is 43.4. The standard InChI is InChI=1S/C26H36N4O6S/c1-26(2,3)36-25(33)30-13-12-19(16-8-6-5-7-9-16)22(30)24(32)27-18-10-11-20-17(14-18)15-21(28-20)23(31)29-37(4,34)35/h10-11,14-16,19,22,28H,5-9,12-13H2,1-4H3,(H,27,32)(H,29,31)/t19-,22-/m0/s1. The lowest BCUT2D eigenvalue weighted by molar-refractivity contribution is -0.122. The van der Waals surface area contributed by atoms with E-state index in [1.54, 1.807) is 23.1 Å². The molecule has 1 aliphatic carbocycles. The highest BCUT2D eigenvalue weighted by molar-refractivity contribution is 7.89. The Kier molecular flexibility index (Phi) is 7.55. The number of nitrogens with zero attached hydrogens (tertiary/aromatic N) is 1. The van der Waals surface area contributed by atoms with Gasteiger partial charge in [-0.05, 0) is 63.3 Å². The van der Waals surface area contributed by atoms with Crippen LogP contribution in [0.2, 0.25) is 0 Å². The second-order valence-corrected chi connectivity index (χ2v) is 12.9. The zero-order valence-corrected chi connectivity index (χ0v) is 22.6. The van der Waals surface area contributed by atoms with E-state index in [9.17, 15) is 22.8 Å². The predicted molar refractivity (Wildman–Crippen MR) is 141 cm³/mol. The number of fused-ring (bicyclic) bond motifs is 1. The summed E-state index contributed by atoms with van der Waals surface area (Å²) in [5, 5.41) is 3.61. The van der Waals surface area contributed by atoms with Gasteiger partial charge < -0.3 is 15.0 Å². The third-order valence-corrected chi connectivity index (χ3v) is 7.56. The molecular formula is C26H36N4O6S. The number of likely N-dealkylation sites (tertiary alicyclic amines) is 1. The van der Waals surface area contributed by atoms with E-state index in [-0.39, 0.29) is 17.5 Å². The Morgan fingerprint density at radius 1 is 1.05 bits per heavy atom. The summed E-state index contributed by atoms with van der Waals surface area (Å²) >= 11 is 0. The summed E-state index contributed by atoms with van der Waals surface area (Å²) in [7, 11) is -3.70. The van der Waals surface area contributed by atoms with E-state index in [2.05, 4.69) is 10.3 Å². The Labute approximate surface area is 217 Å². The molecule has 1 aliphatic heterocycles. The zero-order valence-electron chi connectivity index (χ0n) is 21.8. The molecule has 1 aromatic carbocycles. The second kappa shape index (κ2) is 10.4. The SMILES string of the molecule is CC(C)(C)OC(=O)N1CC[C@@H](C2CCCCC2)[C@H]1C(=O)Nc1ccc2[nH]c(C(=O)NS(C)(=O)=O)cc2c1. The van der Waals surface area contributed by atoms with Crippen molar-refractivity contribution in [3.8, 4) is 0 Å². The average molecular weight is 533 g/mol. The third-order valence-electron chi connectivity index (χ3n) is 7.01. The number of anilines is 1. The maximum Gasteiger partial charge on any atom is 0.410 e. The molecule has 3 amide bonds. The molecule has 0 bridgehead atoms. The predicted octanol–water partition coefficient (Wildman–Crippen LogP) is 4.00. The number of hydrogen-bond acceptors (Lipinski definition) is 6. The van der Waals surface area contributed by atoms with Crippen molar-refractivity contribution in [3.63, 3.8) is 0 Å². The van der Waals surface area contributed by atoms with Crippen LogP contribution in [-0.2, 0) is 19.6 Å². The summed E-state index contributed by atoms with van der Waals surface area (Å²) in [5.41, 5.74) is 0.563. The molecule has 2 fully saturated rings. The first-order chi connectivity index (χ1) is 17.3. The van der Waals surface area contributed by atoms with Crippen LogP contribution in [0.15, 0.2) is 24.3 Å². The van der Waals surface area contributed by atoms with Crippen LogP contribution in [0.1, 0.15) is 69.8 Å². The van der Waals surface area contributed by atoms with Gasteiger partial charge in [0.1, 0.15) is 17.3 Å². The fourth-order valence-electron chi connectivity index (χ4n) is 5.51. The van der Waals surface area contributed by atoms with Crippen LogP contribution >= 0.6 is 0 Å². The lowest BCUT2D eigenvalue weighted by Gasteiger charge is -2.34. The summed E-state index contributed by atoms with van der Waals surface area (Å²) in [6.45, 7) is 5.91. The van der Waals surface area contributed by atoms with Crippen molar-refractivity contribution < 1.29 is 27.5 Å². The Balaban J connectivity index is 1.56. The smallest absolute Gasteiger partial charge is 0.410 e. The zero-order chi connectivity index (χ0) is 27.0. The van der Waals surface area contributed by atoms with Crippen LogP contribution in [0.25, 0.3) is 10.9 Å². The Morgan fingerprint density at radius 3 is 2.41 bits per heavy atom. The lowest BCUT2D eigenvalue weighted by atomic mass is 9.76. The fraction of sp³-hybridized carbons (Fsp3) is 0.577. The van der Waals surface area contributed by atoms with E-state index in [0.29, 0.717) is 29.1 Å². The number of carbonyl (C=O) groups excluding carboxylic acids is 3. The van der Waals surface area contributed by atoms with Crippen LogP contribution in [-0.4, -0.2) is 60.7 Å². The quantitative estimate of drug-likeness (QED) is 0.532. The molecule has 2 atom stereocenters. The normalized spacial score (nSPS) is 21.1. The van der Waals surface area contributed by atoms with Gasteiger partial charge in [-0.3, -0.25) is 14.5 Å². The molecule has 3 N–H and O–H groups in total. The summed E-state index contributed by atoms with van der Waals surface area (Å²) < 4.78 is 30.3. The number of sulfonamides is 1. The van der Waals surface area contributed by atoms with Gasteiger partial charge in [0.25, 0.3) is 5.91 Å². The fourth-order valence-corrected chi connectivity index (χ4v) is 5.95. The molecule has 0 unspecified atom stereocenters. The average Bonchev–Trinajstić information content (AvgIpc) is 3.42. The maximum absolute atomic E-state index is 13.7. The van der Waals surface area contributed by atoms with Gasteiger partial charge in [-0.2, -0.15) is 0 Å². The van der Waals surface area contributed by atoms with E-state index < -0.39 is 33.7 Å². The molecule has 2 aliphatic rings. The van der Waals surface area contributed by atoms with Crippen molar-refractivity contribution in [1.82, 2.24) is 14.6 Å². The van der Waals surface area contributed by atoms with Gasteiger partial charge in [-0.15, -0.1) is 0 Å². The number of nitrogens with one attached hydrogen (secondary N) is 3. The van der Waals surface area contributed by atoms with Gasteiger partial charge in [0, 0.05) is 23.1 Å². The molecular weight excluding hydrogens is 496 g/mol. The van der Waals surface area contributed by atoms with Crippen molar-refractivity contribution in [1.29, 1.82) is 0 Å². The number of rotatable bonds is 5. The van der Waals surface area contributed by atoms with Gasteiger partial charge in [0.2, 0.25) is 15.9 Å². The molecule has 2 aromatic rings. The van der Waals surface area contributed by atoms with Crippen molar-refractivity contribution in [2.45, 2.75) is 70.9 Å². The van der Waals surface area contributed by atoms with E-state index in [1.165, 1.54) is 12.5 Å². The number of H-pyrrole nitrogens is 1. The Bertz CT molecular complexity index is 1290. The minimum Gasteiger partial charge on any atom is -0.444 e. The number of benzene rings is 1. The summed E-state index contributed by atoms with van der Waals surface area (Å²) in [5.74, 6) is -0.572. The number of amides is 3. The van der Waals surface area contributed by atoms with Crippen LogP contribution in [0, 0.1) is 11.8 Å². The number of aromatic amines is 1. The monoisotopic (exact) mass is 532 g/mol. The molecule has 4 rings (SSSR count). The van der Waals surface area contributed by atoms with Crippen molar-refractivity contribution in [2.24, 2.45) is 11.8 Å². The Hall–Kier alpha value is -3.08. The highest BCUT2D eigenvalue weighted by Gasteiger charge is 2.46. The van der Waals surface area contributed by atoms with E-state index in [0.717, 1.165) is 38.4 Å². The molecule has 0 radical (unpaired) electrons. The van der Waals surface area contributed by atoms with E-state index >= 15 is 0 Å². The van der Waals surface area contributed by atoms with Gasteiger partial charge >= 0.3 is 6.09 Å². The molecule has 37 heavy (non-hydrogen) atoms. The first-order valence-electron chi connectivity index (χ1n) is 12.8. The van der Waals surface area contributed by atoms with Crippen molar-refractivity contribution in [3.05, 3.63) is 30.0 Å². The van der Waals surface area contributed by atoms with Crippen molar-refractivity contribution in [2.75, 3.05) is 18.1 Å². The largest absolute Gasteiger partial charge is 0.444 e. The molecule has 1 saturated heterocycles. The van der Waals surface area contributed by atoms with Crippen LogP contribution in [0.4, 0.5) is 10.5 Å². The van der Waals surface area contributed by atoms with E-state index in [4.69, 9.17) is 4.74 Å². The molecule has 1 saturated carbocycles. The molecule has 1 aromatic heterocycles. The second-order valence-electron chi connectivity index (χ2n) is 11.1. The van der Waals surface area contributed by atoms with E-state index in [1.807, 2.05) is 25.5 Å². The highest BCUT2D eigenvalue weighted by Crippen LogP contribution is 2.40. The van der Waals surface area contributed by atoms with Crippen LogP contribution in [0.3, 0.4) is 0 Å².